The lowest BCUT2D eigenvalue weighted by molar-refractivity contribution is -0.139. The quantitative estimate of drug-likeness (QED) is 0.839. The molecule has 2 aliphatic heterocycles. The number of esters is 1. The minimum Gasteiger partial charge on any atom is -0.428 e. The number of hydrogen-bond donors (Lipinski definition) is 1. The standard InChI is InChI=1S/C20H25NO4/c1-11-8-12(2)16(13(3)9-11)17-18(25-15(5)22)20(21-19(17)23)6-7-24-14(4)10-20/h8-9,14H,6-7,10H2,1-5H3,(H,21,23). The molecule has 0 radical (unpaired) electrons. The van der Waals surface area contributed by atoms with Crippen LogP contribution in [0.15, 0.2) is 17.9 Å². The van der Waals surface area contributed by atoms with Crippen molar-refractivity contribution in [1.29, 1.82) is 0 Å². The third kappa shape index (κ3) is 3.09. The van der Waals surface area contributed by atoms with Crippen LogP contribution in [0.5, 0.6) is 0 Å². The van der Waals surface area contributed by atoms with Gasteiger partial charge in [0, 0.05) is 26.4 Å². The summed E-state index contributed by atoms with van der Waals surface area (Å²) in [7, 11) is 0. The zero-order valence-corrected chi connectivity index (χ0v) is 15.5. The number of rotatable bonds is 2. The summed E-state index contributed by atoms with van der Waals surface area (Å²) in [5.41, 5.74) is 3.82. The summed E-state index contributed by atoms with van der Waals surface area (Å²) in [6.45, 7) is 9.86. The molecule has 1 aromatic rings. The van der Waals surface area contributed by atoms with Crippen LogP contribution < -0.4 is 5.32 Å². The first-order valence-corrected chi connectivity index (χ1v) is 8.69. The van der Waals surface area contributed by atoms with Gasteiger partial charge in [-0.25, -0.2) is 0 Å². The lowest BCUT2D eigenvalue weighted by atomic mass is 9.84. The van der Waals surface area contributed by atoms with Crippen LogP contribution in [-0.4, -0.2) is 30.1 Å². The molecule has 1 amide bonds. The van der Waals surface area contributed by atoms with Gasteiger partial charge in [-0.05, 0) is 44.4 Å². The highest BCUT2D eigenvalue weighted by atomic mass is 16.5. The second-order valence-electron chi connectivity index (χ2n) is 7.24. The van der Waals surface area contributed by atoms with Crippen LogP contribution in [0.3, 0.4) is 0 Å². The van der Waals surface area contributed by atoms with Crippen molar-refractivity contribution in [2.24, 2.45) is 0 Å². The van der Waals surface area contributed by atoms with Crippen LogP contribution in [0.4, 0.5) is 0 Å². The number of nitrogens with one attached hydrogen (secondary N) is 1. The molecular formula is C20H25NO4. The average Bonchev–Trinajstić information content (AvgIpc) is 2.70. The highest BCUT2D eigenvalue weighted by molar-refractivity contribution is 6.24. The van der Waals surface area contributed by atoms with Crippen LogP contribution in [0.25, 0.3) is 5.57 Å². The summed E-state index contributed by atoms with van der Waals surface area (Å²) in [6, 6.07) is 4.09. The van der Waals surface area contributed by atoms with Gasteiger partial charge in [-0.1, -0.05) is 17.7 Å². The van der Waals surface area contributed by atoms with E-state index in [1.165, 1.54) is 6.92 Å². The molecule has 134 valence electrons. The maximum atomic E-state index is 12.9. The van der Waals surface area contributed by atoms with Crippen molar-refractivity contribution in [3.63, 3.8) is 0 Å². The van der Waals surface area contributed by atoms with Crippen LogP contribution >= 0.6 is 0 Å². The van der Waals surface area contributed by atoms with E-state index in [1.54, 1.807) is 0 Å². The van der Waals surface area contributed by atoms with Crippen LogP contribution in [-0.2, 0) is 19.1 Å². The Morgan fingerprint density at radius 2 is 1.92 bits per heavy atom. The average molecular weight is 343 g/mol. The molecule has 0 aromatic heterocycles. The van der Waals surface area contributed by atoms with E-state index < -0.39 is 11.5 Å². The summed E-state index contributed by atoms with van der Waals surface area (Å²) in [5, 5.41) is 3.10. The Morgan fingerprint density at radius 3 is 2.48 bits per heavy atom. The maximum Gasteiger partial charge on any atom is 0.307 e. The molecule has 25 heavy (non-hydrogen) atoms. The fourth-order valence-electron chi connectivity index (χ4n) is 4.18. The predicted molar refractivity (Wildman–Crippen MR) is 94.9 cm³/mol. The molecule has 0 saturated carbocycles. The second kappa shape index (κ2) is 6.30. The first-order valence-electron chi connectivity index (χ1n) is 8.69. The van der Waals surface area contributed by atoms with Crippen molar-refractivity contribution in [1.82, 2.24) is 5.32 Å². The van der Waals surface area contributed by atoms with Gasteiger partial charge in [0.25, 0.3) is 5.91 Å². The van der Waals surface area contributed by atoms with E-state index in [9.17, 15) is 9.59 Å². The fourth-order valence-corrected chi connectivity index (χ4v) is 4.18. The summed E-state index contributed by atoms with van der Waals surface area (Å²) < 4.78 is 11.3. The first-order chi connectivity index (χ1) is 11.7. The van der Waals surface area contributed by atoms with Crippen molar-refractivity contribution >= 4 is 17.4 Å². The van der Waals surface area contributed by atoms with E-state index in [2.05, 4.69) is 5.32 Å². The smallest absolute Gasteiger partial charge is 0.307 e. The molecule has 1 fully saturated rings. The number of amides is 1. The Hall–Kier alpha value is -2.14. The van der Waals surface area contributed by atoms with Crippen LogP contribution in [0, 0.1) is 20.8 Å². The summed E-state index contributed by atoms with van der Waals surface area (Å²) in [5.74, 6) is -0.138. The van der Waals surface area contributed by atoms with Gasteiger partial charge in [0.05, 0.1) is 11.7 Å². The number of aryl methyl sites for hydroxylation is 3. The molecule has 5 nitrogen and oxygen atoms in total. The van der Waals surface area contributed by atoms with Crippen molar-refractivity contribution in [3.05, 3.63) is 40.1 Å². The monoisotopic (exact) mass is 343 g/mol. The molecule has 2 atom stereocenters. The van der Waals surface area contributed by atoms with E-state index in [4.69, 9.17) is 9.47 Å². The highest BCUT2D eigenvalue weighted by Crippen LogP contribution is 2.43. The summed E-state index contributed by atoms with van der Waals surface area (Å²) in [4.78, 5) is 24.7. The van der Waals surface area contributed by atoms with Crippen molar-refractivity contribution < 1.29 is 19.1 Å². The van der Waals surface area contributed by atoms with Gasteiger partial charge in [-0.15, -0.1) is 0 Å². The molecule has 1 aromatic carbocycles. The van der Waals surface area contributed by atoms with Gasteiger partial charge in [0.2, 0.25) is 0 Å². The second-order valence-corrected chi connectivity index (χ2v) is 7.24. The molecule has 2 unspecified atom stereocenters. The zero-order valence-electron chi connectivity index (χ0n) is 15.5. The van der Waals surface area contributed by atoms with Crippen molar-refractivity contribution in [3.8, 4) is 0 Å². The lowest BCUT2D eigenvalue weighted by Crippen LogP contribution is -2.51. The molecule has 2 heterocycles. The van der Waals surface area contributed by atoms with Gasteiger partial charge >= 0.3 is 5.97 Å². The molecule has 1 saturated heterocycles. The third-order valence-electron chi connectivity index (χ3n) is 4.98. The van der Waals surface area contributed by atoms with E-state index in [0.717, 1.165) is 22.3 Å². The van der Waals surface area contributed by atoms with E-state index in [0.29, 0.717) is 30.8 Å². The predicted octanol–water partition coefficient (Wildman–Crippen LogP) is 2.95. The zero-order chi connectivity index (χ0) is 18.4. The molecule has 2 aliphatic rings. The first kappa shape index (κ1) is 17.7. The summed E-state index contributed by atoms with van der Waals surface area (Å²) >= 11 is 0. The number of hydrogen-bond acceptors (Lipinski definition) is 4. The molecule has 0 aliphatic carbocycles. The number of carbonyl (C=O) groups excluding carboxylic acids is 2. The van der Waals surface area contributed by atoms with Crippen molar-refractivity contribution in [2.75, 3.05) is 6.61 Å². The largest absolute Gasteiger partial charge is 0.428 e. The topological polar surface area (TPSA) is 64.6 Å². The molecular weight excluding hydrogens is 318 g/mol. The number of benzene rings is 1. The van der Waals surface area contributed by atoms with Gasteiger partial charge < -0.3 is 14.8 Å². The minimum atomic E-state index is -0.667. The van der Waals surface area contributed by atoms with Gasteiger partial charge in [0.1, 0.15) is 11.3 Å². The SMILES string of the molecule is CC(=O)OC1=C(c2c(C)cc(C)cc2C)C(=O)NC12CCOC(C)C2. The molecule has 1 spiro atoms. The molecule has 3 rings (SSSR count). The Kier molecular flexibility index (Phi) is 4.45. The van der Waals surface area contributed by atoms with E-state index in [1.807, 2.05) is 39.8 Å². The molecule has 5 heteroatoms. The molecule has 0 bridgehead atoms. The number of carbonyl (C=O) groups is 2. The van der Waals surface area contributed by atoms with Crippen molar-refractivity contribution in [2.45, 2.75) is 59.1 Å². The van der Waals surface area contributed by atoms with Crippen LogP contribution in [0.2, 0.25) is 0 Å². The Bertz CT molecular complexity index is 757. The van der Waals surface area contributed by atoms with Gasteiger partial charge in [0.15, 0.2) is 0 Å². The van der Waals surface area contributed by atoms with Gasteiger partial charge in [-0.3, -0.25) is 9.59 Å². The fraction of sp³-hybridized carbons (Fsp3) is 0.500. The van der Waals surface area contributed by atoms with E-state index in [-0.39, 0.29) is 12.0 Å². The highest BCUT2D eigenvalue weighted by Gasteiger charge is 2.50. The Labute approximate surface area is 148 Å². The summed E-state index contributed by atoms with van der Waals surface area (Å²) in [6.07, 6.45) is 1.17. The normalized spacial score (nSPS) is 26.1. The number of ether oxygens (including phenoxy) is 2. The Balaban J connectivity index is 2.22. The Morgan fingerprint density at radius 1 is 1.28 bits per heavy atom. The maximum absolute atomic E-state index is 12.9. The van der Waals surface area contributed by atoms with Gasteiger partial charge in [-0.2, -0.15) is 0 Å². The lowest BCUT2D eigenvalue weighted by Gasteiger charge is -2.37. The molecule has 1 N–H and O–H groups in total. The minimum absolute atomic E-state index is 0.0147. The van der Waals surface area contributed by atoms with Crippen LogP contribution in [0.1, 0.15) is 48.9 Å². The third-order valence-corrected chi connectivity index (χ3v) is 4.98. The van der Waals surface area contributed by atoms with E-state index >= 15 is 0 Å².